The van der Waals surface area contributed by atoms with Gasteiger partial charge in [0, 0.05) is 24.2 Å². The molecule has 0 saturated carbocycles. The zero-order valence-electron chi connectivity index (χ0n) is 17.3. The number of carbonyl (C=O) groups is 1. The van der Waals surface area contributed by atoms with Crippen molar-refractivity contribution in [3.8, 4) is 22.9 Å². The Morgan fingerprint density at radius 1 is 1.23 bits per heavy atom. The molecule has 0 bridgehead atoms. The minimum Gasteiger partial charge on any atom is -0.486 e. The van der Waals surface area contributed by atoms with Gasteiger partial charge in [-0.2, -0.15) is 0 Å². The molecule has 0 aliphatic carbocycles. The van der Waals surface area contributed by atoms with Crippen LogP contribution in [0.2, 0.25) is 5.02 Å². The van der Waals surface area contributed by atoms with Crippen molar-refractivity contribution in [3.63, 3.8) is 0 Å². The van der Waals surface area contributed by atoms with Crippen LogP contribution in [0.5, 0.6) is 11.5 Å². The zero-order chi connectivity index (χ0) is 21.8. The van der Waals surface area contributed by atoms with E-state index in [-0.39, 0.29) is 17.8 Å². The molecule has 4 rings (SSSR count). The van der Waals surface area contributed by atoms with Crippen LogP contribution in [0, 0.1) is 0 Å². The molecule has 1 atom stereocenters. The summed E-state index contributed by atoms with van der Waals surface area (Å²) in [5.74, 6) is 2.42. The van der Waals surface area contributed by atoms with Gasteiger partial charge in [-0.3, -0.25) is 4.79 Å². The maximum atomic E-state index is 12.7. The molecule has 0 N–H and O–H groups in total. The number of benzene rings is 2. The van der Waals surface area contributed by atoms with Gasteiger partial charge in [-0.25, -0.2) is 0 Å². The molecule has 3 aromatic rings. The van der Waals surface area contributed by atoms with Crippen LogP contribution in [0.1, 0.15) is 6.92 Å². The standard InChI is InChI=1S/C22H23ClN4O3S/c1-3-27-21(15-7-6-8-16(23)11-15)24-25-22(27)31-14-20(28)26(2)12-17-13-29-18-9-4-5-10-19(18)30-17/h4-11,17H,3,12-14H2,1-2H3. The number of fused-ring (bicyclic) bond motifs is 1. The molecule has 0 spiro atoms. The highest BCUT2D eigenvalue weighted by Crippen LogP contribution is 2.31. The minimum absolute atomic E-state index is 0.0117. The fraction of sp³-hybridized carbons (Fsp3) is 0.318. The zero-order valence-corrected chi connectivity index (χ0v) is 18.9. The Bertz CT molecular complexity index is 1070. The average molecular weight is 459 g/mol. The third-order valence-electron chi connectivity index (χ3n) is 4.91. The van der Waals surface area contributed by atoms with Crippen molar-refractivity contribution in [1.82, 2.24) is 19.7 Å². The van der Waals surface area contributed by atoms with Crippen LogP contribution in [0.25, 0.3) is 11.4 Å². The monoisotopic (exact) mass is 458 g/mol. The van der Waals surface area contributed by atoms with E-state index in [1.165, 1.54) is 11.8 Å². The molecule has 9 heteroatoms. The number of ether oxygens (including phenoxy) is 2. The lowest BCUT2D eigenvalue weighted by Crippen LogP contribution is -2.42. The molecule has 7 nitrogen and oxygen atoms in total. The lowest BCUT2D eigenvalue weighted by atomic mass is 10.2. The smallest absolute Gasteiger partial charge is 0.232 e. The Kier molecular flexibility index (Phi) is 6.67. The van der Waals surface area contributed by atoms with Crippen molar-refractivity contribution in [2.45, 2.75) is 24.7 Å². The first kappa shape index (κ1) is 21.5. The van der Waals surface area contributed by atoms with Crippen molar-refractivity contribution in [1.29, 1.82) is 0 Å². The van der Waals surface area contributed by atoms with Gasteiger partial charge in [0.2, 0.25) is 5.91 Å². The second kappa shape index (κ2) is 9.62. The number of hydrogen-bond acceptors (Lipinski definition) is 6. The van der Waals surface area contributed by atoms with E-state index in [2.05, 4.69) is 10.2 Å². The maximum Gasteiger partial charge on any atom is 0.232 e. The molecule has 0 radical (unpaired) electrons. The van der Waals surface area contributed by atoms with E-state index >= 15 is 0 Å². The van der Waals surface area contributed by atoms with Crippen LogP contribution >= 0.6 is 23.4 Å². The minimum atomic E-state index is -0.206. The Hall–Kier alpha value is -2.71. The molecule has 0 saturated heterocycles. The van der Waals surface area contributed by atoms with Crippen LogP contribution in [0.3, 0.4) is 0 Å². The third-order valence-corrected chi connectivity index (χ3v) is 6.10. The molecular formula is C22H23ClN4O3S. The summed E-state index contributed by atoms with van der Waals surface area (Å²) in [5.41, 5.74) is 0.895. The predicted molar refractivity (Wildman–Crippen MR) is 121 cm³/mol. The summed E-state index contributed by atoms with van der Waals surface area (Å²) in [4.78, 5) is 14.4. The van der Waals surface area contributed by atoms with Crippen LogP contribution in [-0.4, -0.2) is 57.6 Å². The first-order chi connectivity index (χ1) is 15.0. The topological polar surface area (TPSA) is 69.5 Å². The number of thioether (sulfide) groups is 1. The summed E-state index contributed by atoms with van der Waals surface area (Å²) in [6, 6.07) is 15.1. The number of carbonyl (C=O) groups excluding carboxylic acids is 1. The maximum absolute atomic E-state index is 12.7. The van der Waals surface area contributed by atoms with E-state index in [0.29, 0.717) is 35.6 Å². The van der Waals surface area contributed by atoms with Crippen molar-refractivity contribution >= 4 is 29.3 Å². The van der Waals surface area contributed by atoms with Gasteiger partial charge in [0.15, 0.2) is 28.6 Å². The van der Waals surface area contributed by atoms with Gasteiger partial charge >= 0.3 is 0 Å². The van der Waals surface area contributed by atoms with Gasteiger partial charge in [-0.1, -0.05) is 47.6 Å². The Labute approximate surface area is 190 Å². The molecule has 0 fully saturated rings. The second-order valence-corrected chi connectivity index (χ2v) is 8.50. The number of halogens is 1. The summed E-state index contributed by atoms with van der Waals surface area (Å²) in [5, 5.41) is 9.93. The number of amides is 1. The molecule has 31 heavy (non-hydrogen) atoms. The normalized spacial score (nSPS) is 15.0. The quantitative estimate of drug-likeness (QED) is 0.498. The molecule has 1 unspecified atom stereocenters. The van der Waals surface area contributed by atoms with Gasteiger partial charge < -0.3 is 18.9 Å². The highest BCUT2D eigenvalue weighted by molar-refractivity contribution is 7.99. The third kappa shape index (κ3) is 4.97. The molecule has 1 aliphatic rings. The molecule has 1 amide bonds. The van der Waals surface area contributed by atoms with E-state index in [4.69, 9.17) is 21.1 Å². The summed E-state index contributed by atoms with van der Waals surface area (Å²) >= 11 is 7.48. The van der Waals surface area contributed by atoms with Crippen molar-refractivity contribution in [2.75, 3.05) is 26.0 Å². The largest absolute Gasteiger partial charge is 0.486 e. The van der Waals surface area contributed by atoms with Gasteiger partial charge in [0.05, 0.1) is 12.3 Å². The van der Waals surface area contributed by atoms with E-state index < -0.39 is 0 Å². The summed E-state index contributed by atoms with van der Waals surface area (Å²) < 4.78 is 13.7. The Morgan fingerprint density at radius 3 is 2.81 bits per heavy atom. The van der Waals surface area contributed by atoms with Crippen LogP contribution in [0.15, 0.2) is 53.7 Å². The number of para-hydroxylation sites is 2. The van der Waals surface area contributed by atoms with Crippen molar-refractivity contribution in [2.24, 2.45) is 0 Å². The molecule has 1 aromatic heterocycles. The number of likely N-dealkylation sites (N-methyl/N-ethyl adjacent to an activating group) is 1. The lowest BCUT2D eigenvalue weighted by Gasteiger charge is -2.29. The number of hydrogen-bond donors (Lipinski definition) is 0. The molecule has 2 heterocycles. The highest BCUT2D eigenvalue weighted by Gasteiger charge is 2.24. The van der Waals surface area contributed by atoms with Crippen LogP contribution < -0.4 is 9.47 Å². The number of aromatic nitrogens is 3. The summed E-state index contributed by atoms with van der Waals surface area (Å²) in [6.45, 7) is 3.57. The van der Waals surface area contributed by atoms with E-state index in [1.807, 2.05) is 60.0 Å². The first-order valence-corrected chi connectivity index (χ1v) is 11.4. The average Bonchev–Trinajstić information content (AvgIpc) is 3.20. The van der Waals surface area contributed by atoms with Gasteiger partial charge in [-0.15, -0.1) is 10.2 Å². The first-order valence-electron chi connectivity index (χ1n) is 9.99. The van der Waals surface area contributed by atoms with Crippen molar-refractivity contribution in [3.05, 3.63) is 53.6 Å². The highest BCUT2D eigenvalue weighted by atomic mass is 35.5. The van der Waals surface area contributed by atoms with Crippen LogP contribution in [-0.2, 0) is 11.3 Å². The lowest BCUT2D eigenvalue weighted by molar-refractivity contribution is -0.128. The van der Waals surface area contributed by atoms with Crippen molar-refractivity contribution < 1.29 is 14.3 Å². The number of rotatable bonds is 7. The fourth-order valence-corrected chi connectivity index (χ4v) is 4.45. The van der Waals surface area contributed by atoms with E-state index in [0.717, 1.165) is 17.1 Å². The molecule has 162 valence electrons. The second-order valence-electron chi connectivity index (χ2n) is 7.12. The Morgan fingerprint density at radius 2 is 2.03 bits per heavy atom. The van der Waals surface area contributed by atoms with Gasteiger partial charge in [0.25, 0.3) is 0 Å². The summed E-state index contributed by atoms with van der Waals surface area (Å²) in [6.07, 6.45) is -0.206. The predicted octanol–water partition coefficient (Wildman–Crippen LogP) is 4.01. The fourth-order valence-electron chi connectivity index (χ4n) is 3.32. The van der Waals surface area contributed by atoms with Gasteiger partial charge in [-0.05, 0) is 31.2 Å². The van der Waals surface area contributed by atoms with Gasteiger partial charge in [0.1, 0.15) is 6.61 Å². The molecular weight excluding hydrogens is 436 g/mol. The summed E-state index contributed by atoms with van der Waals surface area (Å²) in [7, 11) is 1.77. The molecule has 2 aromatic carbocycles. The number of nitrogens with zero attached hydrogens (tertiary/aromatic N) is 4. The SMILES string of the molecule is CCn1c(SCC(=O)N(C)CC2COc3ccccc3O2)nnc1-c1cccc(Cl)c1. The van der Waals surface area contributed by atoms with E-state index in [9.17, 15) is 4.79 Å². The molecule has 1 aliphatic heterocycles. The van der Waals surface area contributed by atoms with E-state index in [1.54, 1.807) is 11.9 Å². The van der Waals surface area contributed by atoms with Crippen LogP contribution in [0.4, 0.5) is 0 Å². The Balaban J connectivity index is 1.35.